The summed E-state index contributed by atoms with van der Waals surface area (Å²) in [6.07, 6.45) is 10.4. The number of methoxy groups -OCH3 is 2. The number of Topliss-reactive ketones (excluding diaryl/α,β-unsaturated/α-hetero) is 2. The molecular weight excluding hydrogens is 839 g/mol. The van der Waals surface area contributed by atoms with Gasteiger partial charge in [-0.3, -0.25) is 24.0 Å². The van der Waals surface area contributed by atoms with Gasteiger partial charge in [-0.15, -0.1) is 11.3 Å². The normalized spacial score (nSPS) is 17.9. The zero-order chi connectivity index (χ0) is 48.2. The van der Waals surface area contributed by atoms with Crippen molar-refractivity contribution in [3.05, 3.63) is 52.5 Å². The van der Waals surface area contributed by atoms with Crippen molar-refractivity contribution in [2.75, 3.05) is 41.4 Å². The topological polar surface area (TPSA) is 152 Å². The number of aromatic nitrogens is 1. The molecule has 12 nitrogen and oxygen atoms in total. The lowest BCUT2D eigenvalue weighted by Crippen LogP contribution is -2.54. The first kappa shape index (κ1) is 55.8. The molecule has 2 heterocycles. The van der Waals surface area contributed by atoms with Crippen LogP contribution in [0.5, 0.6) is 0 Å². The Bertz CT molecular complexity index is 1720. The number of rotatable bonds is 31. The first-order chi connectivity index (χ1) is 31.0. The predicted octanol–water partition coefficient (Wildman–Crippen LogP) is 8.75. The maximum Gasteiger partial charge on any atom is 0.226 e. The number of carbonyl (C=O) groups is 5. The van der Waals surface area contributed by atoms with Crippen LogP contribution in [0, 0.1) is 29.6 Å². The summed E-state index contributed by atoms with van der Waals surface area (Å²) in [5.41, 5.74) is 6.76. The summed E-state index contributed by atoms with van der Waals surface area (Å²) < 4.78 is 12.2. The third kappa shape index (κ3) is 16.3. The maximum absolute atomic E-state index is 14.7. The lowest BCUT2D eigenvalue weighted by molar-refractivity contribution is -0.149. The highest BCUT2D eigenvalue weighted by atomic mass is 32.1. The van der Waals surface area contributed by atoms with Crippen LogP contribution in [0.4, 0.5) is 0 Å². The quantitative estimate of drug-likeness (QED) is 0.0732. The third-order valence-corrected chi connectivity index (χ3v) is 15.0. The number of nitrogens with zero attached hydrogens (tertiary/aromatic N) is 4. The van der Waals surface area contributed by atoms with Crippen LogP contribution >= 0.6 is 11.3 Å². The van der Waals surface area contributed by atoms with Crippen molar-refractivity contribution < 1.29 is 33.4 Å². The zero-order valence-corrected chi connectivity index (χ0v) is 42.7. The van der Waals surface area contributed by atoms with Crippen LogP contribution in [0.15, 0.2) is 41.9 Å². The average molecular weight is 924 g/mol. The molecule has 1 aliphatic rings. The van der Waals surface area contributed by atoms with Gasteiger partial charge in [-0.2, -0.15) is 0 Å². The van der Waals surface area contributed by atoms with Crippen LogP contribution in [0.1, 0.15) is 148 Å². The monoisotopic (exact) mass is 924 g/mol. The second-order valence-corrected chi connectivity index (χ2v) is 20.3. The minimum Gasteiger partial charge on any atom is -0.379 e. The van der Waals surface area contributed by atoms with Gasteiger partial charge in [-0.25, -0.2) is 4.98 Å². The molecule has 0 saturated carbocycles. The molecule has 3 rings (SSSR count). The fraction of sp³-hybridized carbons (Fsp3) is 0.731. The molecule has 9 atom stereocenters. The first-order valence-corrected chi connectivity index (χ1v) is 25.5. The summed E-state index contributed by atoms with van der Waals surface area (Å²) in [5.74, 6) is -1.83. The summed E-state index contributed by atoms with van der Waals surface area (Å²) in [4.78, 5) is 80.6. The predicted molar refractivity (Wildman–Crippen MR) is 261 cm³/mol. The molecule has 0 spiro atoms. The van der Waals surface area contributed by atoms with Crippen molar-refractivity contribution >= 4 is 40.6 Å². The summed E-state index contributed by atoms with van der Waals surface area (Å²) in [7, 11) is 6.70. The van der Waals surface area contributed by atoms with Crippen LogP contribution in [0.3, 0.4) is 0 Å². The van der Waals surface area contributed by atoms with Crippen LogP contribution in [0.25, 0.3) is 0 Å². The number of unbranched alkanes of at least 4 members (excludes halogenated alkanes) is 5. The van der Waals surface area contributed by atoms with Crippen molar-refractivity contribution in [1.29, 1.82) is 0 Å². The maximum atomic E-state index is 14.7. The van der Waals surface area contributed by atoms with Crippen LogP contribution in [-0.4, -0.2) is 121 Å². The van der Waals surface area contributed by atoms with Gasteiger partial charge in [0.05, 0.1) is 41.8 Å². The minimum absolute atomic E-state index is 0.00780. The smallest absolute Gasteiger partial charge is 0.226 e. The number of hydrogen-bond donors (Lipinski definition) is 1. The highest BCUT2D eigenvalue weighted by Crippen LogP contribution is 2.34. The summed E-state index contributed by atoms with van der Waals surface area (Å²) in [6.45, 7) is 15.1. The minimum atomic E-state index is -0.641. The SMILES string of the molecule is CC[C@H](C)[C@@H]([C@@H](CC(=O)N1CCC[C@H]1[C@H](OC)[C@@H](C)C(=O)C[C@@H](Cc1ccccc1)c1nccs1)OC)N(C)C(=O)[C@@H](CC(=O)[C@H](C(C)C)N(C)C(=O)CCCCCCCCN)C(C)C. The van der Waals surface area contributed by atoms with E-state index in [0.29, 0.717) is 38.8 Å². The van der Waals surface area contributed by atoms with Gasteiger partial charge in [-0.1, -0.05) is 111 Å². The van der Waals surface area contributed by atoms with Crippen molar-refractivity contribution in [1.82, 2.24) is 19.7 Å². The Kier molecular flexibility index (Phi) is 24.6. The molecule has 1 aromatic carbocycles. The number of thiazole rings is 1. The van der Waals surface area contributed by atoms with E-state index in [1.807, 2.05) is 63.1 Å². The molecule has 2 aromatic rings. The molecule has 0 bridgehead atoms. The van der Waals surface area contributed by atoms with Crippen molar-refractivity contribution in [2.24, 2.45) is 35.3 Å². The molecule has 3 amide bonds. The molecular formula is C52H85N5O7S. The molecule has 0 radical (unpaired) electrons. The summed E-state index contributed by atoms with van der Waals surface area (Å²) in [6, 6.07) is 8.78. The lowest BCUT2D eigenvalue weighted by atomic mass is 9.83. The van der Waals surface area contributed by atoms with Crippen LogP contribution < -0.4 is 5.73 Å². The molecule has 2 N–H and O–H groups in total. The Morgan fingerprint density at radius 2 is 1.51 bits per heavy atom. The van der Waals surface area contributed by atoms with Gasteiger partial charge in [0, 0.05) is 83.5 Å². The van der Waals surface area contributed by atoms with Gasteiger partial charge >= 0.3 is 0 Å². The van der Waals surface area contributed by atoms with E-state index in [0.717, 1.165) is 61.9 Å². The second kappa shape index (κ2) is 28.6. The first-order valence-electron chi connectivity index (χ1n) is 24.6. The average Bonchev–Trinajstić information content (AvgIpc) is 4.01. The van der Waals surface area contributed by atoms with Crippen molar-refractivity contribution in [3.8, 4) is 0 Å². The lowest BCUT2D eigenvalue weighted by Gasteiger charge is -2.41. The number of likely N-dealkylation sites (N-methyl/N-ethyl adjacent to an activating group) is 2. The zero-order valence-electron chi connectivity index (χ0n) is 41.8. The van der Waals surface area contributed by atoms with Gasteiger partial charge in [-0.05, 0) is 62.0 Å². The largest absolute Gasteiger partial charge is 0.379 e. The fourth-order valence-corrected chi connectivity index (χ4v) is 10.8. The number of carbonyl (C=O) groups excluding carboxylic acids is 5. The van der Waals surface area contributed by atoms with E-state index in [-0.39, 0.29) is 71.8 Å². The molecule has 0 unspecified atom stereocenters. The molecule has 1 aliphatic heterocycles. The van der Waals surface area contributed by atoms with Crippen molar-refractivity contribution in [3.63, 3.8) is 0 Å². The Morgan fingerprint density at radius 3 is 2.08 bits per heavy atom. The Balaban J connectivity index is 1.74. The molecule has 1 fully saturated rings. The number of ketones is 2. The van der Waals surface area contributed by atoms with Gasteiger partial charge in [0.15, 0.2) is 5.78 Å². The number of nitrogens with two attached hydrogens (primary N) is 1. The Morgan fingerprint density at radius 1 is 0.846 bits per heavy atom. The van der Waals surface area contributed by atoms with E-state index in [2.05, 4.69) is 31.0 Å². The Hall–Kier alpha value is -3.52. The van der Waals surface area contributed by atoms with E-state index in [1.165, 1.54) is 0 Å². The van der Waals surface area contributed by atoms with Gasteiger partial charge in [0.1, 0.15) is 5.78 Å². The van der Waals surface area contributed by atoms with Gasteiger partial charge in [0.25, 0.3) is 0 Å². The van der Waals surface area contributed by atoms with E-state index >= 15 is 0 Å². The molecule has 1 saturated heterocycles. The Labute approximate surface area is 396 Å². The third-order valence-electron chi connectivity index (χ3n) is 14.1. The number of ether oxygens (including phenoxy) is 2. The number of benzene rings is 1. The summed E-state index contributed by atoms with van der Waals surface area (Å²) in [5, 5.41) is 2.88. The van der Waals surface area contributed by atoms with E-state index in [1.54, 1.807) is 55.6 Å². The standard InChI is InChI=1S/C52H85N5O7S/c1-12-37(6)49(56(9)52(62)41(35(2)3)33-44(59)48(36(4)5)55(8)46(60)26-20-15-13-14-16-21-27-53)45(63-10)34-47(61)57-29-22-25-42(57)50(64-11)38(7)43(58)32-40(51-54-28-30-65-51)31-39-23-18-17-19-24-39/h17-19,23-24,28,30,35-38,40-42,45,48-50H,12-16,20-22,25-27,29,31-34,53H2,1-11H3/t37-,38-,40+,41-,42-,45+,48-,49-,50+/m0/s1. The molecule has 1 aromatic heterocycles. The van der Waals surface area contributed by atoms with E-state index in [4.69, 9.17) is 15.2 Å². The fourth-order valence-electron chi connectivity index (χ4n) is 10.1. The van der Waals surface area contributed by atoms with E-state index < -0.39 is 36.1 Å². The van der Waals surface area contributed by atoms with Crippen LogP contribution in [0.2, 0.25) is 0 Å². The number of amides is 3. The number of likely N-dealkylation sites (tertiary alicyclic amines) is 1. The number of hydrogen-bond acceptors (Lipinski definition) is 10. The molecule has 366 valence electrons. The van der Waals surface area contributed by atoms with Gasteiger partial charge in [0.2, 0.25) is 17.7 Å². The molecule has 65 heavy (non-hydrogen) atoms. The highest BCUT2D eigenvalue weighted by Gasteiger charge is 2.43. The molecule has 13 heteroatoms. The van der Waals surface area contributed by atoms with Crippen molar-refractivity contribution in [2.45, 2.75) is 175 Å². The highest BCUT2D eigenvalue weighted by molar-refractivity contribution is 7.09. The second-order valence-electron chi connectivity index (χ2n) is 19.4. The van der Waals surface area contributed by atoms with Gasteiger partial charge < -0.3 is 29.9 Å². The van der Waals surface area contributed by atoms with Crippen LogP contribution in [-0.2, 0) is 39.9 Å². The summed E-state index contributed by atoms with van der Waals surface area (Å²) >= 11 is 1.56. The van der Waals surface area contributed by atoms with E-state index in [9.17, 15) is 24.0 Å². The molecule has 0 aliphatic carbocycles.